The van der Waals surface area contributed by atoms with Gasteiger partial charge in [0.1, 0.15) is 0 Å². The zero-order valence-electron chi connectivity index (χ0n) is 13.8. The Bertz CT molecular complexity index is 1150. The minimum Gasteiger partial charge on any atom is -0.358 e. The zero-order valence-corrected chi connectivity index (χ0v) is 14.6. The Hall–Kier alpha value is -2.65. The van der Waals surface area contributed by atoms with Crippen LogP contribution in [0.25, 0.3) is 10.9 Å². The van der Waals surface area contributed by atoms with Gasteiger partial charge in [-0.15, -0.1) is 0 Å². The summed E-state index contributed by atoms with van der Waals surface area (Å²) in [6.07, 6.45) is 0.468. The summed E-state index contributed by atoms with van der Waals surface area (Å²) in [6.45, 7) is 3.43. The number of aromatic amines is 3. The van der Waals surface area contributed by atoms with Crippen LogP contribution in [0.15, 0.2) is 38.8 Å². The van der Waals surface area contributed by atoms with Crippen LogP contribution in [0.3, 0.4) is 0 Å². The molecular formula is C16H18N4O4S. The van der Waals surface area contributed by atoms with Gasteiger partial charge in [0, 0.05) is 28.8 Å². The van der Waals surface area contributed by atoms with Crippen molar-refractivity contribution in [2.45, 2.75) is 25.2 Å². The minimum atomic E-state index is -4.03. The number of aromatic nitrogens is 3. The third kappa shape index (κ3) is 3.28. The monoisotopic (exact) mass is 362 g/mol. The van der Waals surface area contributed by atoms with Crippen LogP contribution in [0, 0.1) is 13.8 Å². The molecule has 0 amide bonds. The molecule has 0 spiro atoms. The van der Waals surface area contributed by atoms with E-state index in [2.05, 4.69) is 14.7 Å². The second-order valence-electron chi connectivity index (χ2n) is 5.78. The lowest BCUT2D eigenvalue weighted by Gasteiger charge is -2.08. The van der Waals surface area contributed by atoms with Gasteiger partial charge in [-0.05, 0) is 31.9 Å². The molecule has 132 valence electrons. The second kappa shape index (κ2) is 6.34. The lowest BCUT2D eigenvalue weighted by Crippen LogP contribution is -2.35. The van der Waals surface area contributed by atoms with E-state index in [0.29, 0.717) is 6.42 Å². The van der Waals surface area contributed by atoms with Crippen LogP contribution in [0.4, 0.5) is 0 Å². The summed E-state index contributed by atoms with van der Waals surface area (Å²) >= 11 is 0. The van der Waals surface area contributed by atoms with Gasteiger partial charge in [-0.2, -0.15) is 0 Å². The van der Waals surface area contributed by atoms with Crippen LogP contribution < -0.4 is 16.0 Å². The van der Waals surface area contributed by atoms with Gasteiger partial charge in [0.15, 0.2) is 4.90 Å². The van der Waals surface area contributed by atoms with E-state index in [0.717, 1.165) is 22.2 Å². The molecule has 8 nitrogen and oxygen atoms in total. The lowest BCUT2D eigenvalue weighted by atomic mass is 10.1. The molecule has 2 heterocycles. The highest BCUT2D eigenvalue weighted by Gasteiger charge is 2.22. The molecule has 3 rings (SSSR count). The summed E-state index contributed by atoms with van der Waals surface area (Å²) in [7, 11) is -4.03. The van der Waals surface area contributed by atoms with Crippen molar-refractivity contribution in [2.75, 3.05) is 6.54 Å². The highest BCUT2D eigenvalue weighted by atomic mass is 32.2. The van der Waals surface area contributed by atoms with Crippen molar-refractivity contribution < 1.29 is 8.42 Å². The number of nitrogens with one attached hydrogen (secondary N) is 4. The molecule has 9 heteroatoms. The fourth-order valence-electron chi connectivity index (χ4n) is 2.95. The molecule has 2 aromatic heterocycles. The number of para-hydroxylation sites is 1. The molecule has 0 aliphatic rings. The SMILES string of the molecule is Cc1[nH]c(=O)[nH]c(=O)c1S(=O)(=O)NCCc1c(C)[nH]c2ccccc12. The first kappa shape index (κ1) is 17.2. The molecule has 0 radical (unpaired) electrons. The van der Waals surface area contributed by atoms with Gasteiger partial charge in [-0.25, -0.2) is 17.9 Å². The van der Waals surface area contributed by atoms with Gasteiger partial charge >= 0.3 is 5.69 Å². The Balaban J connectivity index is 1.83. The van der Waals surface area contributed by atoms with Crippen LogP contribution in [0.5, 0.6) is 0 Å². The molecule has 0 aliphatic heterocycles. The fourth-order valence-corrected chi connectivity index (χ4v) is 4.22. The van der Waals surface area contributed by atoms with Crippen LogP contribution in [-0.2, 0) is 16.4 Å². The molecular weight excluding hydrogens is 344 g/mol. The van der Waals surface area contributed by atoms with Crippen LogP contribution >= 0.6 is 0 Å². The summed E-state index contributed by atoms with van der Waals surface area (Å²) in [6, 6.07) is 7.78. The average Bonchev–Trinajstić information content (AvgIpc) is 2.82. The highest BCUT2D eigenvalue weighted by Crippen LogP contribution is 2.22. The highest BCUT2D eigenvalue weighted by molar-refractivity contribution is 7.89. The molecule has 25 heavy (non-hydrogen) atoms. The first-order valence-corrected chi connectivity index (χ1v) is 9.17. The van der Waals surface area contributed by atoms with Crippen molar-refractivity contribution >= 4 is 20.9 Å². The van der Waals surface area contributed by atoms with Gasteiger partial charge in [-0.1, -0.05) is 18.2 Å². The summed E-state index contributed by atoms with van der Waals surface area (Å²) < 4.78 is 27.2. The molecule has 0 fully saturated rings. The quantitative estimate of drug-likeness (QED) is 0.532. The summed E-state index contributed by atoms with van der Waals surface area (Å²) in [5.74, 6) is 0. The third-order valence-electron chi connectivity index (χ3n) is 4.04. The maximum atomic E-state index is 12.4. The van der Waals surface area contributed by atoms with Crippen molar-refractivity contribution in [1.29, 1.82) is 0 Å². The minimum absolute atomic E-state index is 0.00419. The van der Waals surface area contributed by atoms with Crippen molar-refractivity contribution in [3.05, 3.63) is 62.1 Å². The number of sulfonamides is 1. The van der Waals surface area contributed by atoms with Crippen molar-refractivity contribution in [1.82, 2.24) is 19.7 Å². The Morgan fingerprint density at radius 1 is 1.00 bits per heavy atom. The molecule has 3 aromatic rings. The van der Waals surface area contributed by atoms with Crippen molar-refractivity contribution in [3.63, 3.8) is 0 Å². The Labute approximate surface area is 143 Å². The molecule has 0 atom stereocenters. The standard InChI is InChI=1S/C16H18N4O4S/c1-9-11(12-5-3-4-6-13(12)18-9)7-8-17-25(23,24)14-10(2)19-16(22)20-15(14)21/h3-6,17-18H,7-8H2,1-2H3,(H2,19,20,21,22). The van der Waals surface area contributed by atoms with E-state index in [1.807, 2.05) is 36.2 Å². The summed E-state index contributed by atoms with van der Waals surface area (Å²) in [4.78, 5) is 30.0. The number of H-pyrrole nitrogens is 3. The third-order valence-corrected chi connectivity index (χ3v) is 5.65. The van der Waals surface area contributed by atoms with Gasteiger partial charge in [0.25, 0.3) is 5.56 Å². The van der Waals surface area contributed by atoms with Crippen LogP contribution in [0.2, 0.25) is 0 Å². The number of fused-ring (bicyclic) bond motifs is 1. The van der Waals surface area contributed by atoms with E-state index in [9.17, 15) is 18.0 Å². The number of aryl methyl sites for hydroxylation is 2. The van der Waals surface area contributed by atoms with Crippen molar-refractivity contribution in [2.24, 2.45) is 0 Å². The zero-order chi connectivity index (χ0) is 18.2. The van der Waals surface area contributed by atoms with Gasteiger partial charge in [0.05, 0.1) is 0 Å². The number of benzene rings is 1. The first-order chi connectivity index (χ1) is 11.8. The van der Waals surface area contributed by atoms with E-state index in [-0.39, 0.29) is 12.2 Å². The largest absolute Gasteiger partial charge is 0.358 e. The van der Waals surface area contributed by atoms with Crippen molar-refractivity contribution in [3.8, 4) is 0 Å². The summed E-state index contributed by atoms with van der Waals surface area (Å²) in [5.41, 5.74) is 1.31. The van der Waals surface area contributed by atoms with Crippen LogP contribution in [-0.4, -0.2) is 29.9 Å². The normalized spacial score (nSPS) is 11.9. The Morgan fingerprint density at radius 3 is 2.44 bits per heavy atom. The molecule has 0 saturated carbocycles. The number of hydrogen-bond acceptors (Lipinski definition) is 4. The van der Waals surface area contributed by atoms with E-state index >= 15 is 0 Å². The smallest absolute Gasteiger partial charge is 0.325 e. The molecule has 0 unspecified atom stereocenters. The molecule has 0 bridgehead atoms. The molecule has 1 aromatic carbocycles. The number of hydrogen-bond donors (Lipinski definition) is 4. The van der Waals surface area contributed by atoms with Gasteiger partial charge < -0.3 is 9.97 Å². The summed E-state index contributed by atoms with van der Waals surface area (Å²) in [5, 5.41) is 1.04. The predicted molar refractivity (Wildman–Crippen MR) is 94.3 cm³/mol. The van der Waals surface area contributed by atoms with E-state index in [4.69, 9.17) is 0 Å². The van der Waals surface area contributed by atoms with E-state index < -0.39 is 26.2 Å². The maximum absolute atomic E-state index is 12.4. The fraction of sp³-hybridized carbons (Fsp3) is 0.250. The Morgan fingerprint density at radius 2 is 1.72 bits per heavy atom. The Kier molecular flexibility index (Phi) is 4.36. The van der Waals surface area contributed by atoms with E-state index in [1.54, 1.807) is 0 Å². The predicted octanol–water partition coefficient (Wildman–Crippen LogP) is 0.682. The van der Waals surface area contributed by atoms with Crippen LogP contribution in [0.1, 0.15) is 17.0 Å². The van der Waals surface area contributed by atoms with Gasteiger partial charge in [0.2, 0.25) is 10.0 Å². The molecule has 0 aliphatic carbocycles. The molecule has 4 N–H and O–H groups in total. The topological polar surface area (TPSA) is 128 Å². The number of rotatable bonds is 5. The average molecular weight is 362 g/mol. The molecule has 0 saturated heterocycles. The lowest BCUT2D eigenvalue weighted by molar-refractivity contribution is 0.578. The second-order valence-corrected chi connectivity index (χ2v) is 7.49. The van der Waals surface area contributed by atoms with E-state index in [1.165, 1.54) is 6.92 Å². The van der Waals surface area contributed by atoms with Gasteiger partial charge in [-0.3, -0.25) is 9.78 Å². The maximum Gasteiger partial charge on any atom is 0.325 e. The first-order valence-electron chi connectivity index (χ1n) is 7.68.